The van der Waals surface area contributed by atoms with E-state index in [-0.39, 0.29) is 44.5 Å². The average molecular weight is 527 g/mol. The second-order valence-electron chi connectivity index (χ2n) is 9.53. The summed E-state index contributed by atoms with van der Waals surface area (Å²) in [6.07, 6.45) is 3.16. The zero-order valence-corrected chi connectivity index (χ0v) is 21.0. The molecular formula is C27H24ClFN2O6. The van der Waals surface area contributed by atoms with E-state index < -0.39 is 41.2 Å². The number of nitrogens with zero attached hydrogens (tertiary/aromatic N) is 1. The molecule has 0 unspecified atom stereocenters. The zero-order valence-electron chi connectivity index (χ0n) is 20.2. The quantitative estimate of drug-likeness (QED) is 0.292. The summed E-state index contributed by atoms with van der Waals surface area (Å²) in [5, 5.41) is 3.01. The molecule has 3 aromatic rings. The first-order valence-corrected chi connectivity index (χ1v) is 12.4. The van der Waals surface area contributed by atoms with Crippen molar-refractivity contribution in [2.75, 3.05) is 6.54 Å². The molecule has 1 aromatic heterocycles. The molecule has 8 nitrogen and oxygen atoms in total. The fourth-order valence-electron chi connectivity index (χ4n) is 5.31. The number of benzene rings is 2. The van der Waals surface area contributed by atoms with Crippen molar-refractivity contribution in [2.24, 2.45) is 5.92 Å². The lowest BCUT2D eigenvalue weighted by Crippen LogP contribution is -2.54. The van der Waals surface area contributed by atoms with Crippen LogP contribution in [0.3, 0.4) is 0 Å². The van der Waals surface area contributed by atoms with Crippen LogP contribution in [0.15, 0.2) is 45.6 Å². The predicted octanol–water partition coefficient (Wildman–Crippen LogP) is 4.97. The summed E-state index contributed by atoms with van der Waals surface area (Å²) in [6.45, 7) is 2.89. The van der Waals surface area contributed by atoms with E-state index in [1.165, 1.54) is 43.3 Å². The maximum Gasteiger partial charge on any atom is 0.331 e. The standard InChI is InChI=1S/C27H24ClFN2O6/c1-14-6-3-4-11-27(14)25(34)31(26(35)30-27)13-21(32)37-16-9-10-17-20(12-16)36-15(2)22(24(17)33)23-18(28)7-5-8-19(23)29/h5,7-10,12,14H,3-4,6,11,13H2,1-2H3,(H,30,35)/t14-,27-/m1/s1. The number of aryl methyl sites for hydroxylation is 1. The lowest BCUT2D eigenvalue weighted by atomic mass is 9.73. The number of amides is 3. The van der Waals surface area contributed by atoms with Crippen molar-refractivity contribution in [1.29, 1.82) is 0 Å². The zero-order chi connectivity index (χ0) is 26.5. The van der Waals surface area contributed by atoms with Crippen molar-refractivity contribution in [2.45, 2.75) is 45.1 Å². The van der Waals surface area contributed by atoms with Crippen LogP contribution in [0.2, 0.25) is 5.02 Å². The normalized spacial score (nSPS) is 21.5. The van der Waals surface area contributed by atoms with Crippen molar-refractivity contribution in [3.05, 3.63) is 63.2 Å². The van der Waals surface area contributed by atoms with E-state index in [2.05, 4.69) is 5.32 Å². The first-order valence-electron chi connectivity index (χ1n) is 12.0. The molecule has 2 fully saturated rings. The minimum atomic E-state index is -0.974. The van der Waals surface area contributed by atoms with E-state index in [4.69, 9.17) is 20.8 Å². The molecule has 1 saturated carbocycles. The van der Waals surface area contributed by atoms with Gasteiger partial charge in [0.2, 0.25) is 5.43 Å². The summed E-state index contributed by atoms with van der Waals surface area (Å²) in [5.41, 5.74) is -1.39. The molecule has 2 aliphatic rings. The largest absolute Gasteiger partial charge is 0.460 e. The summed E-state index contributed by atoms with van der Waals surface area (Å²) in [4.78, 5) is 52.3. The Morgan fingerprint density at radius 3 is 2.73 bits per heavy atom. The molecule has 5 rings (SSSR count). The van der Waals surface area contributed by atoms with Crippen LogP contribution in [0.4, 0.5) is 9.18 Å². The third-order valence-corrected chi connectivity index (χ3v) is 7.59. The van der Waals surface area contributed by atoms with E-state index in [1.807, 2.05) is 6.92 Å². The van der Waals surface area contributed by atoms with Gasteiger partial charge in [-0.3, -0.25) is 14.5 Å². The van der Waals surface area contributed by atoms with Crippen LogP contribution in [0, 0.1) is 18.7 Å². The second kappa shape index (κ2) is 9.30. The number of fused-ring (bicyclic) bond motifs is 1. The van der Waals surface area contributed by atoms with Crippen molar-refractivity contribution in [1.82, 2.24) is 10.2 Å². The molecule has 1 aliphatic carbocycles. The predicted molar refractivity (Wildman–Crippen MR) is 134 cm³/mol. The highest BCUT2D eigenvalue weighted by molar-refractivity contribution is 6.33. The molecule has 0 bridgehead atoms. The fourth-order valence-corrected chi connectivity index (χ4v) is 5.56. The van der Waals surface area contributed by atoms with Crippen LogP contribution >= 0.6 is 11.6 Å². The molecule has 2 heterocycles. The number of nitrogens with one attached hydrogen (secondary N) is 1. The molecule has 1 saturated heterocycles. The van der Waals surface area contributed by atoms with Gasteiger partial charge in [0.25, 0.3) is 5.91 Å². The Hall–Kier alpha value is -3.72. The van der Waals surface area contributed by atoms with Gasteiger partial charge >= 0.3 is 12.0 Å². The maximum absolute atomic E-state index is 14.5. The molecule has 3 amide bonds. The summed E-state index contributed by atoms with van der Waals surface area (Å²) in [6, 6.07) is 7.64. The Bertz CT molecular complexity index is 1500. The number of rotatable bonds is 4. The van der Waals surface area contributed by atoms with Crippen LogP contribution in [-0.4, -0.2) is 34.9 Å². The van der Waals surface area contributed by atoms with Crippen molar-refractivity contribution in [3.63, 3.8) is 0 Å². The highest BCUT2D eigenvalue weighted by atomic mass is 35.5. The minimum Gasteiger partial charge on any atom is -0.460 e. The van der Waals surface area contributed by atoms with Crippen LogP contribution in [0.1, 0.15) is 38.4 Å². The molecule has 1 N–H and O–H groups in total. The lowest BCUT2D eigenvalue weighted by molar-refractivity contribution is -0.142. The molecule has 10 heteroatoms. The van der Waals surface area contributed by atoms with Gasteiger partial charge in [0.05, 0.1) is 16.0 Å². The maximum atomic E-state index is 14.5. The minimum absolute atomic E-state index is 0.00442. The van der Waals surface area contributed by atoms with Crippen molar-refractivity contribution < 1.29 is 27.9 Å². The van der Waals surface area contributed by atoms with Crippen LogP contribution in [0.5, 0.6) is 5.75 Å². The average Bonchev–Trinajstić information content (AvgIpc) is 3.07. The molecule has 2 atom stereocenters. The Morgan fingerprint density at radius 1 is 1.22 bits per heavy atom. The molecule has 2 aromatic carbocycles. The van der Waals surface area contributed by atoms with Gasteiger partial charge in [0.15, 0.2) is 0 Å². The number of carbonyl (C=O) groups is 3. The fraction of sp³-hybridized carbons (Fsp3) is 0.333. The highest BCUT2D eigenvalue weighted by Crippen LogP contribution is 2.38. The summed E-state index contributed by atoms with van der Waals surface area (Å²) < 4.78 is 25.6. The van der Waals surface area contributed by atoms with E-state index >= 15 is 0 Å². The number of hydrogen-bond donors (Lipinski definition) is 1. The molecule has 1 spiro atoms. The summed E-state index contributed by atoms with van der Waals surface area (Å²) in [7, 11) is 0. The molecular weight excluding hydrogens is 503 g/mol. The number of ether oxygens (including phenoxy) is 1. The summed E-state index contributed by atoms with van der Waals surface area (Å²) >= 11 is 6.15. The van der Waals surface area contributed by atoms with Crippen LogP contribution < -0.4 is 15.5 Å². The van der Waals surface area contributed by atoms with E-state index in [0.29, 0.717) is 6.42 Å². The number of hydrogen-bond acceptors (Lipinski definition) is 6. The van der Waals surface area contributed by atoms with Gasteiger partial charge in [0.1, 0.15) is 35.0 Å². The second-order valence-corrected chi connectivity index (χ2v) is 9.94. The highest BCUT2D eigenvalue weighted by Gasteiger charge is 2.55. The van der Waals surface area contributed by atoms with Crippen LogP contribution in [-0.2, 0) is 9.59 Å². The monoisotopic (exact) mass is 526 g/mol. The van der Waals surface area contributed by atoms with Gasteiger partial charge in [-0.1, -0.05) is 37.4 Å². The molecule has 1 aliphatic heterocycles. The number of halogens is 2. The van der Waals surface area contributed by atoms with Crippen molar-refractivity contribution >= 4 is 40.5 Å². The Labute approximate surface area is 216 Å². The third kappa shape index (κ3) is 4.17. The molecule has 37 heavy (non-hydrogen) atoms. The third-order valence-electron chi connectivity index (χ3n) is 7.27. The number of esters is 1. The smallest absolute Gasteiger partial charge is 0.331 e. The number of urea groups is 1. The van der Waals surface area contributed by atoms with Gasteiger partial charge in [-0.25, -0.2) is 14.0 Å². The topological polar surface area (TPSA) is 106 Å². The van der Waals surface area contributed by atoms with E-state index in [1.54, 1.807) is 0 Å². The van der Waals surface area contributed by atoms with Crippen LogP contribution in [0.25, 0.3) is 22.1 Å². The SMILES string of the molecule is Cc1oc2cc(OC(=O)CN3C(=O)N[C@@]4(CCCC[C@H]4C)C3=O)ccc2c(=O)c1-c1c(F)cccc1Cl. The molecule has 0 radical (unpaired) electrons. The number of imide groups is 1. The van der Waals surface area contributed by atoms with Gasteiger partial charge in [-0.05, 0) is 49.9 Å². The first kappa shape index (κ1) is 25.0. The lowest BCUT2D eigenvalue weighted by Gasteiger charge is -2.36. The van der Waals surface area contributed by atoms with E-state index in [9.17, 15) is 23.6 Å². The summed E-state index contributed by atoms with van der Waals surface area (Å²) in [5.74, 6) is -1.73. The molecule has 192 valence electrons. The first-order chi connectivity index (χ1) is 17.6. The van der Waals surface area contributed by atoms with Crippen molar-refractivity contribution in [3.8, 4) is 16.9 Å². The van der Waals surface area contributed by atoms with Gasteiger partial charge in [0, 0.05) is 11.6 Å². The Kier molecular flexibility index (Phi) is 6.27. The van der Waals surface area contributed by atoms with E-state index in [0.717, 1.165) is 24.2 Å². The van der Waals surface area contributed by atoms with Gasteiger partial charge in [-0.2, -0.15) is 0 Å². The Morgan fingerprint density at radius 2 is 2.00 bits per heavy atom. The van der Waals surface area contributed by atoms with Gasteiger partial charge in [-0.15, -0.1) is 0 Å². The Balaban J connectivity index is 1.38. The van der Waals surface area contributed by atoms with Gasteiger partial charge < -0.3 is 14.5 Å². The number of carbonyl (C=O) groups excluding carboxylic acids is 3.